The van der Waals surface area contributed by atoms with E-state index < -0.39 is 0 Å². The van der Waals surface area contributed by atoms with Crippen LogP contribution in [-0.4, -0.2) is 49.4 Å². The summed E-state index contributed by atoms with van der Waals surface area (Å²) < 4.78 is 0. The fourth-order valence-electron chi connectivity index (χ4n) is 1.22. The van der Waals surface area contributed by atoms with Crippen LogP contribution in [0.4, 0.5) is 0 Å². The highest BCUT2D eigenvalue weighted by molar-refractivity contribution is 5.95. The first-order valence-electron chi connectivity index (χ1n) is 4.73. The number of aromatic amines is 1. The van der Waals surface area contributed by atoms with Crippen LogP contribution in [0.5, 0.6) is 0 Å². The van der Waals surface area contributed by atoms with E-state index in [-0.39, 0.29) is 5.78 Å². The summed E-state index contributed by atoms with van der Waals surface area (Å²) in [5, 5.41) is 3.05. The summed E-state index contributed by atoms with van der Waals surface area (Å²) in [6.07, 6.45) is 1.76. The van der Waals surface area contributed by atoms with E-state index in [1.807, 2.05) is 25.1 Å². The van der Waals surface area contributed by atoms with Gasteiger partial charge in [-0.05, 0) is 26.2 Å². The molecule has 1 aromatic rings. The Bertz CT molecular complexity index is 269. The zero-order chi connectivity index (χ0) is 10.4. The van der Waals surface area contributed by atoms with Crippen molar-refractivity contribution in [2.45, 2.75) is 0 Å². The minimum absolute atomic E-state index is 0.133. The lowest BCUT2D eigenvalue weighted by atomic mass is 10.3. The molecule has 0 bridgehead atoms. The first-order chi connectivity index (χ1) is 6.74. The second-order valence-electron chi connectivity index (χ2n) is 3.35. The van der Waals surface area contributed by atoms with Gasteiger partial charge in [-0.15, -0.1) is 0 Å². The van der Waals surface area contributed by atoms with Gasteiger partial charge in [-0.1, -0.05) is 0 Å². The van der Waals surface area contributed by atoms with Gasteiger partial charge >= 0.3 is 0 Å². The molecule has 4 nitrogen and oxygen atoms in total. The topological polar surface area (TPSA) is 48.1 Å². The average molecular weight is 195 g/mol. The fourth-order valence-corrected chi connectivity index (χ4v) is 1.22. The fraction of sp³-hybridized carbons (Fsp3) is 0.500. The standard InChI is InChI=1S/C10H17N3O/c1-11-6-7-13(2)8-10(14)9-4-3-5-12-9/h3-5,11-12H,6-8H2,1-2H3. The normalized spacial score (nSPS) is 10.8. The van der Waals surface area contributed by atoms with E-state index in [1.54, 1.807) is 12.3 Å². The van der Waals surface area contributed by atoms with Gasteiger partial charge in [0.05, 0.1) is 12.2 Å². The number of hydrogen-bond donors (Lipinski definition) is 2. The van der Waals surface area contributed by atoms with Crippen LogP contribution in [0, 0.1) is 0 Å². The molecule has 0 atom stereocenters. The number of H-pyrrole nitrogens is 1. The number of likely N-dealkylation sites (N-methyl/N-ethyl adjacent to an activating group) is 2. The highest BCUT2D eigenvalue weighted by atomic mass is 16.1. The minimum atomic E-state index is 0.133. The number of carbonyl (C=O) groups excluding carboxylic acids is 1. The summed E-state index contributed by atoms with van der Waals surface area (Å²) in [6, 6.07) is 3.63. The van der Waals surface area contributed by atoms with Crippen LogP contribution in [0.1, 0.15) is 10.5 Å². The second-order valence-corrected chi connectivity index (χ2v) is 3.35. The van der Waals surface area contributed by atoms with Crippen LogP contribution in [0.15, 0.2) is 18.3 Å². The Hall–Kier alpha value is -1.13. The molecule has 0 amide bonds. The quantitative estimate of drug-likeness (QED) is 0.644. The van der Waals surface area contributed by atoms with Crippen LogP contribution in [0.3, 0.4) is 0 Å². The predicted molar refractivity (Wildman–Crippen MR) is 56.5 cm³/mol. The summed E-state index contributed by atoms with van der Waals surface area (Å²) >= 11 is 0. The molecule has 2 N–H and O–H groups in total. The molecule has 1 rings (SSSR count). The molecule has 0 aromatic carbocycles. The van der Waals surface area contributed by atoms with Gasteiger partial charge in [-0.25, -0.2) is 0 Å². The third kappa shape index (κ3) is 3.32. The third-order valence-corrected chi connectivity index (χ3v) is 2.06. The summed E-state index contributed by atoms with van der Waals surface area (Å²) in [6.45, 7) is 2.24. The molecule has 0 unspecified atom stereocenters. The largest absolute Gasteiger partial charge is 0.359 e. The van der Waals surface area contributed by atoms with Crippen molar-refractivity contribution in [3.05, 3.63) is 24.0 Å². The first-order valence-corrected chi connectivity index (χ1v) is 4.73. The van der Waals surface area contributed by atoms with Crippen molar-refractivity contribution in [3.63, 3.8) is 0 Å². The lowest BCUT2D eigenvalue weighted by Crippen LogP contribution is -2.31. The van der Waals surface area contributed by atoms with Gasteiger partial charge in [0.1, 0.15) is 0 Å². The van der Waals surface area contributed by atoms with E-state index in [0.29, 0.717) is 12.2 Å². The maximum Gasteiger partial charge on any atom is 0.192 e. The molecule has 0 saturated carbocycles. The van der Waals surface area contributed by atoms with Gasteiger partial charge < -0.3 is 10.3 Å². The number of ketones is 1. The second kappa shape index (κ2) is 5.57. The van der Waals surface area contributed by atoms with E-state index in [2.05, 4.69) is 10.3 Å². The summed E-state index contributed by atoms with van der Waals surface area (Å²) in [5.41, 5.74) is 0.682. The molecule has 0 saturated heterocycles. The van der Waals surface area contributed by atoms with E-state index in [4.69, 9.17) is 0 Å². The lowest BCUT2D eigenvalue weighted by molar-refractivity contribution is 0.0942. The molecule has 0 aliphatic heterocycles. The average Bonchev–Trinajstić information content (AvgIpc) is 2.67. The Balaban J connectivity index is 2.34. The highest BCUT2D eigenvalue weighted by Gasteiger charge is 2.08. The van der Waals surface area contributed by atoms with Crippen LogP contribution in [0.2, 0.25) is 0 Å². The summed E-state index contributed by atoms with van der Waals surface area (Å²) in [5.74, 6) is 0.133. The molecule has 14 heavy (non-hydrogen) atoms. The van der Waals surface area contributed by atoms with Crippen LogP contribution in [-0.2, 0) is 0 Å². The molecule has 78 valence electrons. The highest BCUT2D eigenvalue weighted by Crippen LogP contribution is 1.97. The molecular weight excluding hydrogens is 178 g/mol. The Morgan fingerprint density at radius 2 is 2.43 bits per heavy atom. The van der Waals surface area contributed by atoms with Crippen molar-refractivity contribution < 1.29 is 4.79 Å². The summed E-state index contributed by atoms with van der Waals surface area (Å²) in [7, 11) is 3.85. The van der Waals surface area contributed by atoms with Gasteiger partial charge in [0, 0.05) is 19.3 Å². The Labute approximate surface area is 84.3 Å². The third-order valence-electron chi connectivity index (χ3n) is 2.06. The number of hydrogen-bond acceptors (Lipinski definition) is 3. The molecule has 0 spiro atoms. The van der Waals surface area contributed by atoms with Crippen molar-refractivity contribution >= 4 is 5.78 Å². The van der Waals surface area contributed by atoms with Gasteiger partial charge in [0.2, 0.25) is 0 Å². The van der Waals surface area contributed by atoms with Crippen molar-refractivity contribution in [3.8, 4) is 0 Å². The first kappa shape index (κ1) is 10.9. The van der Waals surface area contributed by atoms with E-state index in [1.165, 1.54) is 0 Å². The maximum absolute atomic E-state index is 11.6. The van der Waals surface area contributed by atoms with E-state index >= 15 is 0 Å². The van der Waals surface area contributed by atoms with Gasteiger partial charge in [-0.3, -0.25) is 9.69 Å². The van der Waals surface area contributed by atoms with Crippen LogP contribution < -0.4 is 5.32 Å². The van der Waals surface area contributed by atoms with Gasteiger partial charge in [-0.2, -0.15) is 0 Å². The van der Waals surface area contributed by atoms with Crippen LogP contribution in [0.25, 0.3) is 0 Å². The van der Waals surface area contributed by atoms with E-state index in [9.17, 15) is 4.79 Å². The lowest BCUT2D eigenvalue weighted by Gasteiger charge is -2.14. The monoisotopic (exact) mass is 195 g/mol. The predicted octanol–water partition coefficient (Wildman–Crippen LogP) is 0.349. The van der Waals surface area contributed by atoms with Crippen LogP contribution >= 0.6 is 0 Å². The minimum Gasteiger partial charge on any atom is -0.359 e. The number of aromatic nitrogens is 1. The molecule has 0 fully saturated rings. The van der Waals surface area contributed by atoms with Crippen molar-refractivity contribution in [1.82, 2.24) is 15.2 Å². The number of carbonyl (C=O) groups is 1. The van der Waals surface area contributed by atoms with Gasteiger partial charge in [0.25, 0.3) is 0 Å². The maximum atomic E-state index is 11.6. The molecule has 0 aliphatic carbocycles. The number of Topliss-reactive ketones (excluding diaryl/α,β-unsaturated/α-hetero) is 1. The molecule has 1 heterocycles. The van der Waals surface area contributed by atoms with E-state index in [0.717, 1.165) is 13.1 Å². The van der Waals surface area contributed by atoms with Crippen molar-refractivity contribution in [1.29, 1.82) is 0 Å². The number of rotatable bonds is 6. The Kier molecular flexibility index (Phi) is 4.35. The Morgan fingerprint density at radius 1 is 1.64 bits per heavy atom. The smallest absolute Gasteiger partial charge is 0.192 e. The number of nitrogens with one attached hydrogen (secondary N) is 2. The molecule has 4 heteroatoms. The van der Waals surface area contributed by atoms with Crippen molar-refractivity contribution in [2.75, 3.05) is 33.7 Å². The molecule has 0 radical (unpaired) electrons. The number of nitrogens with zero attached hydrogens (tertiary/aromatic N) is 1. The molecular formula is C10H17N3O. The Morgan fingerprint density at radius 3 is 3.00 bits per heavy atom. The molecule has 0 aliphatic rings. The van der Waals surface area contributed by atoms with Crippen molar-refractivity contribution in [2.24, 2.45) is 0 Å². The summed E-state index contributed by atoms with van der Waals surface area (Å²) in [4.78, 5) is 16.5. The zero-order valence-electron chi connectivity index (χ0n) is 8.71. The SMILES string of the molecule is CNCCN(C)CC(=O)c1ccc[nH]1. The zero-order valence-corrected chi connectivity index (χ0v) is 8.71. The van der Waals surface area contributed by atoms with Gasteiger partial charge in [0.15, 0.2) is 5.78 Å². The molecule has 1 aromatic heterocycles.